The lowest BCUT2D eigenvalue weighted by atomic mass is 9.89. The summed E-state index contributed by atoms with van der Waals surface area (Å²) in [6.45, 7) is 10.0. The van der Waals surface area contributed by atoms with Crippen LogP contribution in [0.3, 0.4) is 0 Å². The molecular formula is C19H24N4O3. The van der Waals surface area contributed by atoms with Crippen LogP contribution >= 0.6 is 0 Å². The van der Waals surface area contributed by atoms with E-state index in [1.165, 1.54) is 5.56 Å². The van der Waals surface area contributed by atoms with Crippen LogP contribution in [0.15, 0.2) is 10.7 Å². The first-order chi connectivity index (χ1) is 12.4. The van der Waals surface area contributed by atoms with Crippen LogP contribution < -0.4 is 4.90 Å². The third-order valence-electron chi connectivity index (χ3n) is 5.07. The van der Waals surface area contributed by atoms with Gasteiger partial charge in [-0.05, 0) is 33.3 Å². The van der Waals surface area contributed by atoms with Gasteiger partial charge < -0.3 is 19.2 Å². The third-order valence-corrected chi connectivity index (χ3v) is 5.07. The largest absolute Gasteiger partial charge is 0.432 e. The molecule has 0 spiro atoms. The van der Waals surface area contributed by atoms with Crippen molar-refractivity contribution < 1.29 is 14.3 Å². The van der Waals surface area contributed by atoms with Crippen molar-refractivity contribution in [3.05, 3.63) is 23.1 Å². The maximum atomic E-state index is 9.35. The SMILES string of the molecule is CCN(CCO)c1ncnc2c1oc1nc(C)c3c(c12)CC(C)(C)OC3. The van der Waals surface area contributed by atoms with Crippen molar-refractivity contribution >= 4 is 28.0 Å². The number of aliphatic hydroxyl groups excluding tert-OH is 1. The molecule has 0 aromatic carbocycles. The Bertz CT molecular complexity index is 980. The van der Waals surface area contributed by atoms with Gasteiger partial charge in [0.05, 0.1) is 24.2 Å². The molecule has 0 aliphatic carbocycles. The van der Waals surface area contributed by atoms with Gasteiger partial charge in [-0.2, -0.15) is 0 Å². The summed E-state index contributed by atoms with van der Waals surface area (Å²) in [5.41, 5.74) is 5.03. The summed E-state index contributed by atoms with van der Waals surface area (Å²) in [5.74, 6) is 0.697. The normalized spacial score (nSPS) is 16.2. The van der Waals surface area contributed by atoms with Crippen molar-refractivity contribution in [1.82, 2.24) is 15.0 Å². The number of anilines is 1. The minimum absolute atomic E-state index is 0.0534. The maximum Gasteiger partial charge on any atom is 0.229 e. The molecule has 0 unspecified atom stereocenters. The van der Waals surface area contributed by atoms with Crippen molar-refractivity contribution in [2.75, 3.05) is 24.6 Å². The van der Waals surface area contributed by atoms with Crippen LogP contribution in [0.4, 0.5) is 5.82 Å². The van der Waals surface area contributed by atoms with E-state index in [0.717, 1.165) is 35.1 Å². The van der Waals surface area contributed by atoms with Gasteiger partial charge in [0.15, 0.2) is 11.4 Å². The van der Waals surface area contributed by atoms with Gasteiger partial charge in [-0.15, -0.1) is 0 Å². The van der Waals surface area contributed by atoms with Gasteiger partial charge in [-0.25, -0.2) is 15.0 Å². The quantitative estimate of drug-likeness (QED) is 0.769. The highest BCUT2D eigenvalue weighted by atomic mass is 16.5. The van der Waals surface area contributed by atoms with E-state index in [0.29, 0.717) is 30.3 Å². The summed E-state index contributed by atoms with van der Waals surface area (Å²) in [5, 5.41) is 10.3. The number of nitrogens with zero attached hydrogens (tertiary/aromatic N) is 4. The number of hydrogen-bond acceptors (Lipinski definition) is 7. The van der Waals surface area contributed by atoms with E-state index in [1.54, 1.807) is 6.33 Å². The maximum absolute atomic E-state index is 9.35. The lowest BCUT2D eigenvalue weighted by Crippen LogP contribution is -2.32. The first kappa shape index (κ1) is 17.2. The number of rotatable bonds is 4. The second-order valence-electron chi connectivity index (χ2n) is 7.34. The fraction of sp³-hybridized carbons (Fsp3) is 0.526. The Labute approximate surface area is 152 Å². The molecule has 0 radical (unpaired) electrons. The molecule has 4 rings (SSSR count). The smallest absolute Gasteiger partial charge is 0.229 e. The average molecular weight is 356 g/mol. The summed E-state index contributed by atoms with van der Waals surface area (Å²) in [7, 11) is 0. The highest BCUT2D eigenvalue weighted by molar-refractivity contribution is 6.06. The highest BCUT2D eigenvalue weighted by Gasteiger charge is 2.31. The zero-order valence-electron chi connectivity index (χ0n) is 15.7. The molecule has 0 atom stereocenters. The Hall–Kier alpha value is -2.25. The number of furan rings is 1. The van der Waals surface area contributed by atoms with E-state index in [2.05, 4.69) is 28.8 Å². The zero-order chi connectivity index (χ0) is 18.5. The van der Waals surface area contributed by atoms with E-state index in [1.807, 2.05) is 18.7 Å². The van der Waals surface area contributed by atoms with Crippen LogP contribution in [0.2, 0.25) is 0 Å². The second-order valence-corrected chi connectivity index (χ2v) is 7.34. The Kier molecular flexibility index (Phi) is 4.08. The van der Waals surface area contributed by atoms with Gasteiger partial charge >= 0.3 is 0 Å². The molecule has 3 aromatic rings. The van der Waals surface area contributed by atoms with Crippen molar-refractivity contribution in [1.29, 1.82) is 0 Å². The van der Waals surface area contributed by atoms with E-state index < -0.39 is 0 Å². The van der Waals surface area contributed by atoms with Gasteiger partial charge in [-0.1, -0.05) is 0 Å². The molecule has 138 valence electrons. The number of fused-ring (bicyclic) bond motifs is 5. The van der Waals surface area contributed by atoms with Crippen molar-refractivity contribution in [2.24, 2.45) is 0 Å². The fourth-order valence-corrected chi connectivity index (χ4v) is 3.72. The van der Waals surface area contributed by atoms with Gasteiger partial charge in [-0.3, -0.25) is 0 Å². The topological polar surface area (TPSA) is 84.5 Å². The monoisotopic (exact) mass is 356 g/mol. The Morgan fingerprint density at radius 3 is 2.81 bits per heavy atom. The lowest BCUT2D eigenvalue weighted by molar-refractivity contribution is -0.0400. The predicted molar refractivity (Wildman–Crippen MR) is 99.4 cm³/mol. The molecule has 7 nitrogen and oxygen atoms in total. The predicted octanol–water partition coefficient (Wildman–Crippen LogP) is 2.75. The van der Waals surface area contributed by atoms with E-state index >= 15 is 0 Å². The van der Waals surface area contributed by atoms with Crippen molar-refractivity contribution in [3.63, 3.8) is 0 Å². The fourth-order valence-electron chi connectivity index (χ4n) is 3.72. The van der Waals surface area contributed by atoms with Gasteiger partial charge in [0, 0.05) is 30.8 Å². The van der Waals surface area contributed by atoms with E-state index in [9.17, 15) is 5.11 Å². The number of ether oxygens (including phenoxy) is 1. The molecule has 7 heteroatoms. The molecule has 26 heavy (non-hydrogen) atoms. The third kappa shape index (κ3) is 2.62. The number of aromatic nitrogens is 3. The van der Waals surface area contributed by atoms with Crippen LogP contribution in [0.25, 0.3) is 22.2 Å². The average Bonchev–Trinajstić information content (AvgIpc) is 2.97. The van der Waals surface area contributed by atoms with Gasteiger partial charge in [0.1, 0.15) is 11.8 Å². The first-order valence-electron chi connectivity index (χ1n) is 9.00. The lowest BCUT2D eigenvalue weighted by Gasteiger charge is -2.32. The number of aryl methyl sites for hydroxylation is 1. The van der Waals surface area contributed by atoms with Gasteiger partial charge in [0.25, 0.3) is 0 Å². The molecule has 0 amide bonds. The minimum atomic E-state index is -0.237. The minimum Gasteiger partial charge on any atom is -0.432 e. The van der Waals surface area contributed by atoms with Crippen molar-refractivity contribution in [3.8, 4) is 0 Å². The summed E-state index contributed by atoms with van der Waals surface area (Å²) < 4.78 is 12.1. The Morgan fingerprint density at radius 2 is 2.08 bits per heavy atom. The summed E-state index contributed by atoms with van der Waals surface area (Å²) in [4.78, 5) is 15.6. The molecule has 1 N–H and O–H groups in total. The van der Waals surface area contributed by atoms with E-state index in [-0.39, 0.29) is 12.2 Å². The molecule has 4 heterocycles. The van der Waals surface area contributed by atoms with Crippen LogP contribution in [-0.4, -0.2) is 45.4 Å². The second kappa shape index (κ2) is 6.17. The van der Waals surface area contributed by atoms with Crippen LogP contribution in [-0.2, 0) is 17.8 Å². The molecule has 1 aliphatic rings. The molecule has 0 fully saturated rings. The molecule has 3 aromatic heterocycles. The zero-order valence-corrected chi connectivity index (χ0v) is 15.7. The highest BCUT2D eigenvalue weighted by Crippen LogP contribution is 2.39. The summed E-state index contributed by atoms with van der Waals surface area (Å²) >= 11 is 0. The summed E-state index contributed by atoms with van der Waals surface area (Å²) in [6, 6.07) is 0. The molecule has 0 saturated carbocycles. The van der Waals surface area contributed by atoms with Crippen molar-refractivity contribution in [2.45, 2.75) is 46.3 Å². The van der Waals surface area contributed by atoms with Crippen LogP contribution in [0, 0.1) is 6.92 Å². The van der Waals surface area contributed by atoms with E-state index in [4.69, 9.17) is 9.15 Å². The first-order valence-corrected chi connectivity index (χ1v) is 9.00. The standard InChI is InChI=1S/C19H24N4O3/c1-5-23(6-7-24)17-16-15(20-10-21-17)14-12-8-19(3,4)25-9-13(12)11(2)22-18(14)26-16/h10,24H,5-9H2,1-4H3. The molecule has 0 bridgehead atoms. The molecular weight excluding hydrogens is 332 g/mol. The Balaban J connectivity index is 2.01. The number of hydrogen-bond donors (Lipinski definition) is 1. The van der Waals surface area contributed by atoms with Crippen LogP contribution in [0.1, 0.15) is 37.6 Å². The molecule has 0 saturated heterocycles. The molecule has 1 aliphatic heterocycles. The van der Waals surface area contributed by atoms with Gasteiger partial charge in [0.2, 0.25) is 5.71 Å². The van der Waals surface area contributed by atoms with Crippen LogP contribution in [0.5, 0.6) is 0 Å². The number of likely N-dealkylation sites (N-methyl/N-ethyl adjacent to an activating group) is 1. The number of aliphatic hydroxyl groups is 1. The Morgan fingerprint density at radius 1 is 1.27 bits per heavy atom. The summed E-state index contributed by atoms with van der Waals surface area (Å²) in [6.07, 6.45) is 2.34. The number of pyridine rings is 1.